The fourth-order valence-electron chi connectivity index (χ4n) is 2.92. The summed E-state index contributed by atoms with van der Waals surface area (Å²) >= 11 is 0. The third kappa shape index (κ3) is 5.21. The average Bonchev–Trinajstić information content (AvgIpc) is 2.61. The number of ketones is 1. The van der Waals surface area contributed by atoms with Crippen molar-refractivity contribution in [2.24, 2.45) is 0 Å². The zero-order valence-electron chi connectivity index (χ0n) is 14.5. The first kappa shape index (κ1) is 18.7. The summed E-state index contributed by atoms with van der Waals surface area (Å²) in [4.78, 5) is 16.6. The molecule has 1 aromatic rings. The number of ether oxygens (including phenoxy) is 2. The second-order valence-corrected chi connectivity index (χ2v) is 6.23. The van der Waals surface area contributed by atoms with Crippen molar-refractivity contribution in [1.29, 1.82) is 0 Å². The van der Waals surface area contributed by atoms with Crippen LogP contribution in [0.25, 0.3) is 0 Å². The number of carbonyl (C=O) groups is 1. The summed E-state index contributed by atoms with van der Waals surface area (Å²) in [5.41, 5.74) is 0.397. The quantitative estimate of drug-likeness (QED) is 0.362. The van der Waals surface area contributed by atoms with Crippen molar-refractivity contribution in [3.05, 3.63) is 23.8 Å². The van der Waals surface area contributed by atoms with Crippen molar-refractivity contribution in [2.45, 2.75) is 64.4 Å². The molecule has 0 saturated carbocycles. The summed E-state index contributed by atoms with van der Waals surface area (Å²) in [6.45, 7) is 2.95. The number of benzene rings is 1. The Morgan fingerprint density at radius 3 is 2.54 bits per heavy atom. The van der Waals surface area contributed by atoms with Gasteiger partial charge in [-0.3, -0.25) is 4.79 Å². The molecule has 0 aliphatic carbocycles. The van der Waals surface area contributed by atoms with Gasteiger partial charge in [0.05, 0.1) is 5.56 Å². The predicted octanol–water partition coefficient (Wildman–Crippen LogP) is 4.64. The summed E-state index contributed by atoms with van der Waals surface area (Å²) in [5, 5.41) is 8.82. The van der Waals surface area contributed by atoms with Crippen LogP contribution in [0.3, 0.4) is 0 Å². The van der Waals surface area contributed by atoms with E-state index in [1.54, 1.807) is 18.2 Å². The minimum atomic E-state index is -0.573. The Morgan fingerprint density at radius 2 is 1.83 bits per heavy atom. The van der Waals surface area contributed by atoms with Crippen molar-refractivity contribution < 1.29 is 24.4 Å². The molecule has 1 unspecified atom stereocenters. The Hall–Kier alpha value is -1.59. The number of Topliss-reactive ketones (excluding diaryl/α,β-unsaturated/α-hetero) is 1. The maximum atomic E-state index is 12.4. The van der Waals surface area contributed by atoms with Gasteiger partial charge in [-0.2, -0.15) is 0 Å². The Labute approximate surface area is 143 Å². The van der Waals surface area contributed by atoms with Crippen LogP contribution in [0.1, 0.15) is 68.6 Å². The summed E-state index contributed by atoms with van der Waals surface area (Å²) in [7, 11) is 0. The molecular formula is C19H28O5. The monoisotopic (exact) mass is 336 g/mol. The first-order valence-corrected chi connectivity index (χ1v) is 9.01. The van der Waals surface area contributed by atoms with Gasteiger partial charge in [-0.05, 0) is 18.6 Å². The van der Waals surface area contributed by atoms with Crippen molar-refractivity contribution in [3.8, 4) is 11.5 Å². The second-order valence-electron chi connectivity index (χ2n) is 6.23. The van der Waals surface area contributed by atoms with E-state index in [1.165, 1.54) is 38.5 Å². The van der Waals surface area contributed by atoms with E-state index in [0.29, 0.717) is 12.2 Å². The highest BCUT2D eigenvalue weighted by atomic mass is 17.1. The molecule has 1 N–H and O–H groups in total. The maximum absolute atomic E-state index is 12.4. The number of para-hydroxylation sites is 1. The minimum absolute atomic E-state index is 0.116. The molecule has 5 heteroatoms. The molecule has 0 spiro atoms. The van der Waals surface area contributed by atoms with Gasteiger partial charge in [0.25, 0.3) is 0 Å². The third-order valence-corrected chi connectivity index (χ3v) is 4.33. The molecule has 134 valence electrons. The van der Waals surface area contributed by atoms with Crippen molar-refractivity contribution in [2.75, 3.05) is 13.2 Å². The van der Waals surface area contributed by atoms with Gasteiger partial charge in [-0.15, -0.1) is 0 Å². The molecule has 0 fully saturated rings. The number of hydrogen-bond acceptors (Lipinski definition) is 5. The van der Waals surface area contributed by atoms with Crippen LogP contribution in [0, 0.1) is 0 Å². The minimum Gasteiger partial charge on any atom is -0.486 e. The number of unbranched alkanes of at least 4 members (excludes halogenated alkanes) is 7. The van der Waals surface area contributed by atoms with Crippen molar-refractivity contribution in [3.63, 3.8) is 0 Å². The Balaban J connectivity index is 1.67. The van der Waals surface area contributed by atoms with E-state index in [1.807, 2.05) is 0 Å². The molecule has 24 heavy (non-hydrogen) atoms. The van der Waals surface area contributed by atoms with Gasteiger partial charge in [0, 0.05) is 6.61 Å². The van der Waals surface area contributed by atoms with Gasteiger partial charge >= 0.3 is 0 Å². The third-order valence-electron chi connectivity index (χ3n) is 4.33. The van der Waals surface area contributed by atoms with E-state index in [-0.39, 0.29) is 23.9 Å². The fourth-order valence-corrected chi connectivity index (χ4v) is 2.92. The standard InChI is InChI=1S/C19H28O5/c1-2-3-4-5-6-7-8-9-13-22-17-14-23-19-15(18(17)20)11-10-12-16(19)24-21/h10-12,17,21H,2-9,13-14H2,1H3. The highest BCUT2D eigenvalue weighted by Gasteiger charge is 2.31. The highest BCUT2D eigenvalue weighted by Crippen LogP contribution is 2.35. The molecule has 1 heterocycles. The average molecular weight is 336 g/mol. The molecule has 1 aliphatic heterocycles. The highest BCUT2D eigenvalue weighted by molar-refractivity contribution is 6.03. The Kier molecular flexibility index (Phi) is 8.05. The Bertz CT molecular complexity index is 514. The van der Waals surface area contributed by atoms with Crippen LogP contribution in [0.5, 0.6) is 11.5 Å². The summed E-state index contributed by atoms with van der Waals surface area (Å²) < 4.78 is 11.2. The zero-order chi connectivity index (χ0) is 17.2. The Morgan fingerprint density at radius 1 is 1.12 bits per heavy atom. The normalized spacial score (nSPS) is 16.6. The van der Waals surface area contributed by atoms with Crippen molar-refractivity contribution in [1.82, 2.24) is 0 Å². The van der Waals surface area contributed by atoms with Gasteiger partial charge in [0.15, 0.2) is 17.6 Å². The van der Waals surface area contributed by atoms with E-state index in [4.69, 9.17) is 14.7 Å². The van der Waals surface area contributed by atoms with Crippen LogP contribution in [-0.2, 0) is 4.74 Å². The van der Waals surface area contributed by atoms with Gasteiger partial charge in [0.2, 0.25) is 5.75 Å². The maximum Gasteiger partial charge on any atom is 0.207 e. The largest absolute Gasteiger partial charge is 0.486 e. The molecule has 0 radical (unpaired) electrons. The number of rotatable bonds is 11. The number of hydrogen-bond donors (Lipinski definition) is 1. The number of fused-ring (bicyclic) bond motifs is 1. The van der Waals surface area contributed by atoms with Gasteiger partial charge in [0.1, 0.15) is 6.61 Å². The lowest BCUT2D eigenvalue weighted by atomic mass is 10.0. The van der Waals surface area contributed by atoms with Gasteiger partial charge in [-0.25, -0.2) is 5.26 Å². The molecule has 5 nitrogen and oxygen atoms in total. The summed E-state index contributed by atoms with van der Waals surface area (Å²) in [6.07, 6.45) is 9.28. The second kappa shape index (κ2) is 10.3. The molecular weight excluding hydrogens is 308 g/mol. The van der Waals surface area contributed by atoms with E-state index in [2.05, 4.69) is 11.8 Å². The van der Waals surface area contributed by atoms with Crippen LogP contribution in [0.4, 0.5) is 0 Å². The molecule has 0 amide bonds. The topological polar surface area (TPSA) is 65.0 Å². The summed E-state index contributed by atoms with van der Waals surface area (Å²) in [5.74, 6) is 0.328. The number of carbonyl (C=O) groups excluding carboxylic acids is 1. The lowest BCUT2D eigenvalue weighted by Crippen LogP contribution is -2.35. The van der Waals surface area contributed by atoms with E-state index >= 15 is 0 Å². The van der Waals surface area contributed by atoms with Crippen LogP contribution < -0.4 is 9.62 Å². The van der Waals surface area contributed by atoms with Crippen LogP contribution in [0.2, 0.25) is 0 Å². The van der Waals surface area contributed by atoms with Crippen LogP contribution in [-0.4, -0.2) is 30.4 Å². The van der Waals surface area contributed by atoms with Crippen molar-refractivity contribution >= 4 is 5.78 Å². The molecule has 2 rings (SSSR count). The van der Waals surface area contributed by atoms with E-state index < -0.39 is 6.10 Å². The van der Waals surface area contributed by atoms with E-state index in [9.17, 15) is 4.79 Å². The molecule has 0 saturated heterocycles. The smallest absolute Gasteiger partial charge is 0.207 e. The van der Waals surface area contributed by atoms with Gasteiger partial charge < -0.3 is 14.4 Å². The molecule has 0 bridgehead atoms. The van der Waals surface area contributed by atoms with Crippen LogP contribution in [0.15, 0.2) is 18.2 Å². The molecule has 1 aromatic carbocycles. The SMILES string of the molecule is CCCCCCCCCCOC1COc2c(OO)cccc2C1=O. The molecule has 1 aliphatic rings. The van der Waals surface area contributed by atoms with Gasteiger partial charge in [-0.1, -0.05) is 57.9 Å². The molecule has 0 aromatic heterocycles. The lowest BCUT2D eigenvalue weighted by Gasteiger charge is -2.24. The zero-order valence-corrected chi connectivity index (χ0v) is 14.5. The lowest BCUT2D eigenvalue weighted by molar-refractivity contribution is -0.139. The van der Waals surface area contributed by atoms with Crippen LogP contribution >= 0.6 is 0 Å². The predicted molar refractivity (Wildman–Crippen MR) is 91.9 cm³/mol. The first-order valence-electron chi connectivity index (χ1n) is 9.01. The van der Waals surface area contributed by atoms with E-state index in [0.717, 1.165) is 12.8 Å². The molecule has 1 atom stereocenters. The summed E-state index contributed by atoms with van der Waals surface area (Å²) in [6, 6.07) is 4.85. The first-order chi connectivity index (χ1) is 11.8. The fraction of sp³-hybridized carbons (Fsp3) is 0.632.